The predicted molar refractivity (Wildman–Crippen MR) is 124 cm³/mol. The minimum Gasteiger partial charge on any atom is -0.392 e. The third-order valence-electron chi connectivity index (χ3n) is 6.84. The van der Waals surface area contributed by atoms with E-state index < -0.39 is 0 Å². The molecule has 1 fully saturated rings. The molecule has 0 heterocycles. The van der Waals surface area contributed by atoms with E-state index in [9.17, 15) is 5.11 Å². The number of benzene rings is 1. The van der Waals surface area contributed by atoms with Crippen molar-refractivity contribution in [2.75, 3.05) is 20.6 Å². The molecule has 2 aliphatic rings. The number of unbranched alkanes of at least 4 members (excludes halogenated alkanes) is 3. The van der Waals surface area contributed by atoms with Crippen LogP contribution in [0.5, 0.6) is 0 Å². The van der Waals surface area contributed by atoms with Crippen molar-refractivity contribution in [3.8, 4) is 0 Å². The summed E-state index contributed by atoms with van der Waals surface area (Å²) >= 11 is 0. The fourth-order valence-corrected chi connectivity index (χ4v) is 5.30. The number of rotatable bonds is 11. The molecule has 29 heavy (non-hydrogen) atoms. The normalized spacial score (nSPS) is 26.4. The summed E-state index contributed by atoms with van der Waals surface area (Å²) in [6, 6.07) is 8.80. The first kappa shape index (κ1) is 22.3. The summed E-state index contributed by atoms with van der Waals surface area (Å²) in [6.45, 7) is 3.37. The Kier molecular flexibility index (Phi) is 8.56. The number of allylic oxidation sites excluding steroid dienone is 3. The lowest BCUT2D eigenvalue weighted by molar-refractivity contribution is 0.141. The molecule has 2 nitrogen and oxygen atoms in total. The summed E-state index contributed by atoms with van der Waals surface area (Å²) in [5.74, 6) is 1.61. The maximum Gasteiger partial charge on any atom is 0.0611 e. The first-order chi connectivity index (χ1) is 14.0. The standard InChI is InChI=1S/C27H41NO/c1-21-11-10-14-22(17-21)12-7-8-15-25-26-19-23(18-24(26)20-27(25)29)13-6-4-5-9-16-28(2)3/h8,10-11,14-15,17-18,24-27,29H,4-7,9,12-13,16,19-20H2,1-3H3/b15-8+/t24-,25+,26-,27+/m0/s1. The first-order valence-corrected chi connectivity index (χ1v) is 11.8. The summed E-state index contributed by atoms with van der Waals surface area (Å²) in [4.78, 5) is 2.28. The molecule has 0 aromatic heterocycles. The zero-order valence-corrected chi connectivity index (χ0v) is 18.8. The summed E-state index contributed by atoms with van der Waals surface area (Å²) in [5, 5.41) is 10.6. The molecule has 1 N–H and O–H groups in total. The quantitative estimate of drug-likeness (QED) is 0.370. The highest BCUT2D eigenvalue weighted by molar-refractivity contribution is 5.23. The third kappa shape index (κ3) is 6.83. The topological polar surface area (TPSA) is 23.5 Å². The van der Waals surface area contributed by atoms with Crippen LogP contribution in [-0.4, -0.2) is 36.8 Å². The van der Waals surface area contributed by atoms with Gasteiger partial charge in [-0.05, 0) is 89.9 Å². The second-order valence-corrected chi connectivity index (χ2v) is 9.66. The Balaban J connectivity index is 1.39. The molecule has 4 atom stereocenters. The molecule has 0 spiro atoms. The molecule has 0 bridgehead atoms. The second kappa shape index (κ2) is 11.1. The largest absolute Gasteiger partial charge is 0.392 e. The molecule has 1 aromatic rings. The van der Waals surface area contributed by atoms with Crippen molar-refractivity contribution in [3.05, 3.63) is 59.2 Å². The van der Waals surface area contributed by atoms with Gasteiger partial charge in [-0.15, -0.1) is 0 Å². The fourth-order valence-electron chi connectivity index (χ4n) is 5.30. The van der Waals surface area contributed by atoms with E-state index in [0.29, 0.717) is 17.8 Å². The molecule has 0 radical (unpaired) electrons. The van der Waals surface area contributed by atoms with Crippen LogP contribution in [-0.2, 0) is 6.42 Å². The first-order valence-electron chi connectivity index (χ1n) is 11.8. The molecule has 160 valence electrons. The zero-order valence-electron chi connectivity index (χ0n) is 18.8. The average molecular weight is 396 g/mol. The highest BCUT2D eigenvalue weighted by atomic mass is 16.3. The van der Waals surface area contributed by atoms with E-state index in [1.165, 1.54) is 56.2 Å². The van der Waals surface area contributed by atoms with Crippen LogP contribution >= 0.6 is 0 Å². The molecule has 2 aliphatic carbocycles. The van der Waals surface area contributed by atoms with Crippen molar-refractivity contribution in [2.45, 2.75) is 70.8 Å². The number of hydrogen-bond acceptors (Lipinski definition) is 2. The van der Waals surface area contributed by atoms with Gasteiger partial charge in [-0.25, -0.2) is 0 Å². The number of aryl methyl sites for hydroxylation is 2. The van der Waals surface area contributed by atoms with Gasteiger partial charge < -0.3 is 10.0 Å². The molecule has 1 saturated carbocycles. The fraction of sp³-hybridized carbons (Fsp3) is 0.630. The van der Waals surface area contributed by atoms with E-state index in [1.54, 1.807) is 5.57 Å². The Hall–Kier alpha value is -1.38. The van der Waals surface area contributed by atoms with Crippen LogP contribution in [0.3, 0.4) is 0 Å². The number of hydrogen-bond donors (Lipinski definition) is 1. The van der Waals surface area contributed by atoms with Crippen molar-refractivity contribution in [3.63, 3.8) is 0 Å². The Bertz CT molecular complexity index is 690. The molecule has 0 aliphatic heterocycles. The summed E-state index contributed by atoms with van der Waals surface area (Å²) in [5.41, 5.74) is 4.41. The van der Waals surface area contributed by atoms with E-state index in [-0.39, 0.29) is 6.10 Å². The van der Waals surface area contributed by atoms with Crippen LogP contribution in [0.1, 0.15) is 62.5 Å². The van der Waals surface area contributed by atoms with Crippen LogP contribution in [0.15, 0.2) is 48.1 Å². The Morgan fingerprint density at radius 2 is 1.93 bits per heavy atom. The van der Waals surface area contributed by atoms with E-state index >= 15 is 0 Å². The van der Waals surface area contributed by atoms with E-state index in [0.717, 1.165) is 19.3 Å². The van der Waals surface area contributed by atoms with Crippen molar-refractivity contribution in [2.24, 2.45) is 17.8 Å². The van der Waals surface area contributed by atoms with Gasteiger partial charge in [-0.2, -0.15) is 0 Å². The molecule has 0 saturated heterocycles. The molecular weight excluding hydrogens is 354 g/mol. The zero-order chi connectivity index (χ0) is 20.6. The Morgan fingerprint density at radius 3 is 2.72 bits per heavy atom. The van der Waals surface area contributed by atoms with E-state index in [1.807, 2.05) is 0 Å². The highest BCUT2D eigenvalue weighted by Crippen LogP contribution is 2.48. The lowest BCUT2D eigenvalue weighted by atomic mass is 9.88. The van der Waals surface area contributed by atoms with Crippen LogP contribution < -0.4 is 0 Å². The van der Waals surface area contributed by atoms with Crippen LogP contribution in [0.25, 0.3) is 0 Å². The van der Waals surface area contributed by atoms with Gasteiger partial charge in [0.15, 0.2) is 0 Å². The van der Waals surface area contributed by atoms with Gasteiger partial charge in [0.25, 0.3) is 0 Å². The maximum atomic E-state index is 10.6. The van der Waals surface area contributed by atoms with Crippen LogP contribution in [0.4, 0.5) is 0 Å². The smallest absolute Gasteiger partial charge is 0.0611 e. The second-order valence-electron chi connectivity index (χ2n) is 9.66. The van der Waals surface area contributed by atoms with Crippen LogP contribution in [0.2, 0.25) is 0 Å². The number of aliphatic hydroxyl groups excluding tert-OH is 1. The minimum absolute atomic E-state index is 0.149. The molecule has 1 aromatic carbocycles. The van der Waals surface area contributed by atoms with Gasteiger partial charge >= 0.3 is 0 Å². The van der Waals surface area contributed by atoms with Gasteiger partial charge in [0.1, 0.15) is 0 Å². The lowest BCUT2D eigenvalue weighted by Crippen LogP contribution is -2.17. The number of nitrogens with zero attached hydrogens (tertiary/aromatic N) is 1. The Labute approximate surface area is 178 Å². The van der Waals surface area contributed by atoms with Gasteiger partial charge in [0, 0.05) is 5.92 Å². The monoisotopic (exact) mass is 395 g/mol. The molecule has 3 rings (SSSR count). The highest BCUT2D eigenvalue weighted by Gasteiger charge is 2.42. The third-order valence-corrected chi connectivity index (χ3v) is 6.84. The number of aliphatic hydroxyl groups is 1. The predicted octanol–water partition coefficient (Wildman–Crippen LogP) is 5.94. The number of fused-ring (bicyclic) bond motifs is 1. The van der Waals surface area contributed by atoms with E-state index in [4.69, 9.17) is 0 Å². The van der Waals surface area contributed by atoms with Crippen molar-refractivity contribution in [1.29, 1.82) is 0 Å². The Morgan fingerprint density at radius 1 is 1.10 bits per heavy atom. The SMILES string of the molecule is Cc1cccc(CC/C=C/[C@@H]2[C@H]3CC(CCCCCCN(C)C)=C[C@H]3C[C@H]2O)c1. The molecule has 0 amide bonds. The molecule has 0 unspecified atom stereocenters. The van der Waals surface area contributed by atoms with Crippen molar-refractivity contribution < 1.29 is 5.11 Å². The van der Waals surface area contributed by atoms with E-state index in [2.05, 4.69) is 68.4 Å². The molecule has 2 heteroatoms. The van der Waals surface area contributed by atoms with Gasteiger partial charge in [0.2, 0.25) is 0 Å². The summed E-state index contributed by atoms with van der Waals surface area (Å²) < 4.78 is 0. The van der Waals surface area contributed by atoms with Crippen molar-refractivity contribution in [1.82, 2.24) is 4.90 Å². The van der Waals surface area contributed by atoms with Gasteiger partial charge in [-0.3, -0.25) is 0 Å². The van der Waals surface area contributed by atoms with Crippen molar-refractivity contribution >= 4 is 0 Å². The average Bonchev–Trinajstić information content (AvgIpc) is 3.18. The lowest BCUT2D eigenvalue weighted by Gasteiger charge is -2.18. The van der Waals surface area contributed by atoms with Gasteiger partial charge in [0.05, 0.1) is 6.10 Å². The maximum absolute atomic E-state index is 10.6. The molecular formula is C27H41NO. The summed E-state index contributed by atoms with van der Waals surface area (Å²) in [6.07, 6.45) is 18.0. The van der Waals surface area contributed by atoms with Crippen LogP contribution in [0, 0.1) is 24.7 Å². The minimum atomic E-state index is -0.149. The summed E-state index contributed by atoms with van der Waals surface area (Å²) in [7, 11) is 4.31. The van der Waals surface area contributed by atoms with Gasteiger partial charge in [-0.1, -0.05) is 66.5 Å².